The van der Waals surface area contributed by atoms with E-state index in [9.17, 15) is 14.4 Å². The minimum absolute atomic E-state index is 0.0145. The quantitative estimate of drug-likeness (QED) is 0.846. The van der Waals surface area contributed by atoms with Crippen LogP contribution in [0, 0.1) is 37.5 Å². The molecule has 3 aliphatic rings. The Labute approximate surface area is 145 Å². The molecular weight excluding hydrogens is 322 g/mol. The molecule has 1 amide bonds. The molecule has 132 valence electrons. The van der Waals surface area contributed by atoms with Crippen molar-refractivity contribution < 1.29 is 23.9 Å². The lowest BCUT2D eigenvalue weighted by molar-refractivity contribution is -0.157. The predicted octanol–water partition coefficient (Wildman–Crippen LogP) is 1.98. The molecule has 1 N–H and O–H groups in total. The molecule has 0 radical (unpaired) electrons. The van der Waals surface area contributed by atoms with Crippen LogP contribution in [-0.2, 0) is 23.9 Å². The Morgan fingerprint density at radius 2 is 2.08 bits per heavy atom. The molecule has 1 aliphatic heterocycles. The molecule has 25 heavy (non-hydrogen) atoms. The zero-order valence-corrected chi connectivity index (χ0v) is 14.3. The van der Waals surface area contributed by atoms with Gasteiger partial charge in [-0.25, -0.2) is 0 Å². The number of carbonyl (C=O) groups is 3. The number of amides is 1. The molecule has 0 spiro atoms. The van der Waals surface area contributed by atoms with E-state index in [4.69, 9.17) is 9.47 Å². The molecule has 1 saturated heterocycles. The number of anilines is 1. The predicted molar refractivity (Wildman–Crippen MR) is 88.6 cm³/mol. The summed E-state index contributed by atoms with van der Waals surface area (Å²) in [6.45, 7) is 3.55. The molecule has 2 bridgehead atoms. The number of fused-ring (bicyclic) bond motifs is 1. The van der Waals surface area contributed by atoms with Gasteiger partial charge in [-0.05, 0) is 44.2 Å². The highest BCUT2D eigenvalue weighted by atomic mass is 16.6. The summed E-state index contributed by atoms with van der Waals surface area (Å²) >= 11 is 0. The molecule has 6 nitrogen and oxygen atoms in total. The van der Waals surface area contributed by atoms with Gasteiger partial charge in [0.15, 0.2) is 6.61 Å². The largest absolute Gasteiger partial charge is 0.462 e. The van der Waals surface area contributed by atoms with Crippen molar-refractivity contribution in [2.24, 2.45) is 23.7 Å². The number of aryl methyl sites for hydroxylation is 2. The van der Waals surface area contributed by atoms with Gasteiger partial charge in [0.25, 0.3) is 5.91 Å². The van der Waals surface area contributed by atoms with Crippen LogP contribution in [0.1, 0.15) is 24.0 Å². The van der Waals surface area contributed by atoms with Crippen LogP contribution < -0.4 is 5.32 Å². The van der Waals surface area contributed by atoms with Crippen LogP contribution in [0.25, 0.3) is 0 Å². The number of esters is 2. The number of nitrogens with one attached hydrogen (secondary N) is 1. The van der Waals surface area contributed by atoms with Crippen molar-refractivity contribution in [3.63, 3.8) is 0 Å². The summed E-state index contributed by atoms with van der Waals surface area (Å²) in [5, 5.41) is 2.75. The van der Waals surface area contributed by atoms with Crippen LogP contribution >= 0.6 is 0 Å². The van der Waals surface area contributed by atoms with Crippen LogP contribution in [0.3, 0.4) is 0 Å². The van der Waals surface area contributed by atoms with Gasteiger partial charge < -0.3 is 14.8 Å². The molecule has 4 rings (SSSR count). The molecule has 2 aliphatic carbocycles. The third-order valence-corrected chi connectivity index (χ3v) is 5.76. The number of benzene rings is 1. The topological polar surface area (TPSA) is 81.7 Å². The van der Waals surface area contributed by atoms with Crippen molar-refractivity contribution in [2.75, 3.05) is 11.9 Å². The number of carbonyl (C=O) groups excluding carboxylic acids is 3. The average Bonchev–Trinajstić information content (AvgIpc) is 3.17. The number of hydrogen-bond donors (Lipinski definition) is 1. The Morgan fingerprint density at radius 3 is 2.84 bits per heavy atom. The van der Waals surface area contributed by atoms with Crippen LogP contribution in [0.15, 0.2) is 18.2 Å². The smallest absolute Gasteiger partial charge is 0.310 e. The molecule has 0 unspecified atom stereocenters. The van der Waals surface area contributed by atoms with Gasteiger partial charge in [0.1, 0.15) is 6.10 Å². The Balaban J connectivity index is 1.34. The van der Waals surface area contributed by atoms with Crippen molar-refractivity contribution in [3.8, 4) is 0 Å². The molecule has 1 aromatic carbocycles. The lowest BCUT2D eigenvalue weighted by Gasteiger charge is -2.22. The Hall–Kier alpha value is -2.37. The highest BCUT2D eigenvalue weighted by Crippen LogP contribution is 2.57. The van der Waals surface area contributed by atoms with Gasteiger partial charge in [-0.1, -0.05) is 17.7 Å². The van der Waals surface area contributed by atoms with Crippen LogP contribution in [0.2, 0.25) is 0 Å². The van der Waals surface area contributed by atoms with E-state index in [1.165, 1.54) is 0 Å². The van der Waals surface area contributed by atoms with Crippen molar-refractivity contribution >= 4 is 23.5 Å². The molecule has 5 atom stereocenters. The maximum atomic E-state index is 12.4. The highest BCUT2D eigenvalue weighted by molar-refractivity contribution is 5.94. The molecule has 2 saturated carbocycles. The Morgan fingerprint density at radius 1 is 1.28 bits per heavy atom. The third kappa shape index (κ3) is 2.69. The van der Waals surface area contributed by atoms with Gasteiger partial charge in [0.05, 0.1) is 11.8 Å². The molecule has 3 fully saturated rings. The number of hydrogen-bond acceptors (Lipinski definition) is 5. The van der Waals surface area contributed by atoms with Gasteiger partial charge in [0.2, 0.25) is 0 Å². The maximum absolute atomic E-state index is 12.4. The van der Waals surface area contributed by atoms with Crippen LogP contribution in [0.5, 0.6) is 0 Å². The Bertz CT molecular complexity index is 756. The van der Waals surface area contributed by atoms with E-state index < -0.39 is 11.9 Å². The van der Waals surface area contributed by atoms with E-state index in [1.54, 1.807) is 0 Å². The summed E-state index contributed by atoms with van der Waals surface area (Å²) < 4.78 is 10.5. The van der Waals surface area contributed by atoms with Crippen molar-refractivity contribution in [1.82, 2.24) is 0 Å². The first-order valence-corrected chi connectivity index (χ1v) is 8.68. The standard InChI is InChI=1S/C19H21NO5/c1-9-3-4-13(10(2)5-9)20-15(21)8-24-18(22)16-11-6-12-14(7-11)25-19(23)17(12)16/h3-5,11-12,14,16-17H,6-8H2,1-2H3,(H,20,21)/t11-,12+,14-,16-,17-/m1/s1. The minimum Gasteiger partial charge on any atom is -0.462 e. The third-order valence-electron chi connectivity index (χ3n) is 5.76. The van der Waals surface area contributed by atoms with Crippen molar-refractivity contribution in [1.29, 1.82) is 0 Å². The average molecular weight is 343 g/mol. The number of ether oxygens (including phenoxy) is 2. The SMILES string of the molecule is Cc1ccc(NC(=O)COC(=O)[C@@H]2[C@@H]3C[C@@H]4[C@H]2C(=O)O[C@@H]4C3)c(C)c1. The van der Waals surface area contributed by atoms with E-state index in [0.29, 0.717) is 5.69 Å². The first-order valence-electron chi connectivity index (χ1n) is 8.68. The highest BCUT2D eigenvalue weighted by Gasteiger charge is 2.64. The second-order valence-corrected chi connectivity index (χ2v) is 7.40. The maximum Gasteiger partial charge on any atom is 0.310 e. The summed E-state index contributed by atoms with van der Waals surface area (Å²) in [7, 11) is 0. The summed E-state index contributed by atoms with van der Waals surface area (Å²) in [6.07, 6.45) is 1.57. The first-order chi connectivity index (χ1) is 11.9. The summed E-state index contributed by atoms with van der Waals surface area (Å²) in [5.41, 5.74) is 2.77. The minimum atomic E-state index is -0.454. The van der Waals surface area contributed by atoms with E-state index in [2.05, 4.69) is 5.32 Å². The second-order valence-electron chi connectivity index (χ2n) is 7.40. The summed E-state index contributed by atoms with van der Waals surface area (Å²) in [6, 6.07) is 5.71. The normalized spacial score (nSPS) is 31.8. The fourth-order valence-corrected chi connectivity index (χ4v) is 4.70. The van der Waals surface area contributed by atoms with Gasteiger partial charge >= 0.3 is 11.9 Å². The summed E-state index contributed by atoms with van der Waals surface area (Å²) in [4.78, 5) is 36.4. The van der Waals surface area contributed by atoms with Gasteiger partial charge in [0, 0.05) is 11.6 Å². The molecule has 1 aromatic rings. The number of rotatable bonds is 4. The van der Waals surface area contributed by atoms with E-state index in [-0.39, 0.29) is 42.3 Å². The van der Waals surface area contributed by atoms with Crippen LogP contribution in [-0.4, -0.2) is 30.6 Å². The van der Waals surface area contributed by atoms with E-state index in [1.807, 2.05) is 32.0 Å². The fraction of sp³-hybridized carbons (Fsp3) is 0.526. The summed E-state index contributed by atoms with van der Waals surface area (Å²) in [5.74, 6) is -1.65. The zero-order valence-electron chi connectivity index (χ0n) is 14.3. The zero-order chi connectivity index (χ0) is 17.7. The monoisotopic (exact) mass is 343 g/mol. The van der Waals surface area contributed by atoms with Gasteiger partial charge in [-0.15, -0.1) is 0 Å². The lowest BCUT2D eigenvalue weighted by Crippen LogP contribution is -2.35. The Kier molecular flexibility index (Phi) is 3.78. The second kappa shape index (κ2) is 5.86. The van der Waals surface area contributed by atoms with E-state index >= 15 is 0 Å². The van der Waals surface area contributed by atoms with Crippen LogP contribution in [0.4, 0.5) is 5.69 Å². The van der Waals surface area contributed by atoms with Gasteiger partial charge in [-0.3, -0.25) is 14.4 Å². The molecule has 6 heteroatoms. The van der Waals surface area contributed by atoms with Gasteiger partial charge in [-0.2, -0.15) is 0 Å². The first kappa shape index (κ1) is 16.1. The molecular formula is C19H21NO5. The van der Waals surface area contributed by atoms with Crippen molar-refractivity contribution in [2.45, 2.75) is 32.8 Å². The van der Waals surface area contributed by atoms with Crippen molar-refractivity contribution in [3.05, 3.63) is 29.3 Å². The van der Waals surface area contributed by atoms with E-state index in [0.717, 1.165) is 24.0 Å². The fourth-order valence-electron chi connectivity index (χ4n) is 4.70. The molecule has 1 heterocycles. The lowest BCUT2D eigenvalue weighted by atomic mass is 9.80. The molecule has 0 aromatic heterocycles.